The van der Waals surface area contributed by atoms with E-state index in [-0.39, 0.29) is 17.7 Å². The second-order valence-electron chi connectivity index (χ2n) is 8.30. The molecule has 1 fully saturated rings. The van der Waals surface area contributed by atoms with Gasteiger partial charge in [-0.15, -0.1) is 0 Å². The lowest BCUT2D eigenvalue weighted by Crippen LogP contribution is -2.38. The van der Waals surface area contributed by atoms with Crippen LogP contribution >= 0.6 is 0 Å². The van der Waals surface area contributed by atoms with Crippen molar-refractivity contribution in [1.82, 2.24) is 19.5 Å². The van der Waals surface area contributed by atoms with Crippen LogP contribution in [0.15, 0.2) is 41.3 Å². The summed E-state index contributed by atoms with van der Waals surface area (Å²) in [5, 5.41) is 3.49. The van der Waals surface area contributed by atoms with Crippen LogP contribution in [0.2, 0.25) is 0 Å². The van der Waals surface area contributed by atoms with Gasteiger partial charge in [-0.05, 0) is 38.5 Å². The van der Waals surface area contributed by atoms with Gasteiger partial charge in [0, 0.05) is 44.6 Å². The molecule has 0 saturated carbocycles. The molecule has 34 heavy (non-hydrogen) atoms. The second-order valence-corrected chi connectivity index (χ2v) is 8.30. The quantitative estimate of drug-likeness (QED) is 0.544. The van der Waals surface area contributed by atoms with Gasteiger partial charge in [-0.2, -0.15) is 0 Å². The summed E-state index contributed by atoms with van der Waals surface area (Å²) in [6, 6.07) is 9.47. The Morgan fingerprint density at radius 1 is 1.15 bits per heavy atom. The molecule has 0 aromatic carbocycles. The summed E-state index contributed by atoms with van der Waals surface area (Å²) in [5.41, 5.74) is 2.67. The maximum atomic E-state index is 13.5. The molecule has 2 atom stereocenters. The molecule has 3 aromatic rings. The minimum atomic E-state index is -0.122. The van der Waals surface area contributed by atoms with E-state index in [4.69, 9.17) is 14.5 Å². The molecule has 180 valence electrons. The zero-order valence-electron chi connectivity index (χ0n) is 20.4. The van der Waals surface area contributed by atoms with Crippen LogP contribution < -0.4 is 20.5 Å². The Balaban J connectivity index is 1.68. The average Bonchev–Trinajstić information content (AvgIpc) is 3.25. The molecule has 0 amide bonds. The zero-order chi connectivity index (χ0) is 24.2. The maximum absolute atomic E-state index is 13.5. The number of hydrogen-bond acceptors (Lipinski definition) is 8. The molecule has 4 rings (SSSR count). The Hall–Kier alpha value is -3.46. The van der Waals surface area contributed by atoms with Gasteiger partial charge < -0.3 is 19.7 Å². The van der Waals surface area contributed by atoms with Crippen LogP contribution in [-0.2, 0) is 18.2 Å². The Kier molecular flexibility index (Phi) is 7.12. The highest BCUT2D eigenvalue weighted by Crippen LogP contribution is 2.26. The van der Waals surface area contributed by atoms with Crippen molar-refractivity contribution in [3.63, 3.8) is 0 Å². The minimum Gasteiger partial charge on any atom is -0.481 e. The van der Waals surface area contributed by atoms with E-state index in [1.54, 1.807) is 31.0 Å². The van der Waals surface area contributed by atoms with Gasteiger partial charge in [-0.25, -0.2) is 15.0 Å². The second kappa shape index (κ2) is 10.2. The van der Waals surface area contributed by atoms with E-state index in [0.29, 0.717) is 43.5 Å². The molecular weight excluding hydrogens is 432 g/mol. The van der Waals surface area contributed by atoms with Gasteiger partial charge in [0.15, 0.2) is 0 Å². The molecule has 3 aromatic heterocycles. The summed E-state index contributed by atoms with van der Waals surface area (Å²) in [7, 11) is 3.33. The van der Waals surface area contributed by atoms with Gasteiger partial charge in [0.25, 0.3) is 5.56 Å². The lowest BCUT2D eigenvalue weighted by Gasteiger charge is -2.22. The van der Waals surface area contributed by atoms with E-state index in [1.807, 2.05) is 45.0 Å². The first kappa shape index (κ1) is 23.7. The molecule has 0 bridgehead atoms. The van der Waals surface area contributed by atoms with Crippen LogP contribution in [0.5, 0.6) is 5.88 Å². The average molecular weight is 465 g/mol. The highest BCUT2D eigenvalue weighted by atomic mass is 16.5. The Labute approximate surface area is 199 Å². The maximum Gasteiger partial charge on any atom is 0.277 e. The Morgan fingerprint density at radius 2 is 1.97 bits per heavy atom. The summed E-state index contributed by atoms with van der Waals surface area (Å²) < 4.78 is 12.8. The van der Waals surface area contributed by atoms with Crippen LogP contribution in [0.4, 0.5) is 11.5 Å². The molecule has 9 heteroatoms. The van der Waals surface area contributed by atoms with Crippen LogP contribution in [0.3, 0.4) is 0 Å². The molecule has 9 nitrogen and oxygen atoms in total. The monoisotopic (exact) mass is 464 g/mol. The first-order chi connectivity index (χ1) is 16.5. The molecule has 0 radical (unpaired) electrons. The molecule has 1 aliphatic heterocycles. The van der Waals surface area contributed by atoms with Gasteiger partial charge in [0.05, 0.1) is 30.6 Å². The molecule has 1 saturated heterocycles. The van der Waals surface area contributed by atoms with Crippen LogP contribution in [0.25, 0.3) is 11.4 Å². The molecule has 1 aliphatic rings. The van der Waals surface area contributed by atoms with Crippen molar-refractivity contribution >= 4 is 11.5 Å². The number of methoxy groups -OCH3 is 1. The number of anilines is 2. The van der Waals surface area contributed by atoms with E-state index in [9.17, 15) is 4.79 Å². The summed E-state index contributed by atoms with van der Waals surface area (Å²) >= 11 is 0. The van der Waals surface area contributed by atoms with Gasteiger partial charge in [-0.1, -0.05) is 13.0 Å². The molecule has 4 heterocycles. The van der Waals surface area contributed by atoms with E-state index in [1.165, 1.54) is 0 Å². The van der Waals surface area contributed by atoms with E-state index in [0.717, 1.165) is 22.8 Å². The van der Waals surface area contributed by atoms with Crippen molar-refractivity contribution in [2.75, 3.05) is 37.0 Å². The summed E-state index contributed by atoms with van der Waals surface area (Å²) in [5.74, 6) is 2.01. The number of aryl methyl sites for hydroxylation is 2. The van der Waals surface area contributed by atoms with E-state index < -0.39 is 0 Å². The first-order valence-electron chi connectivity index (χ1n) is 11.6. The largest absolute Gasteiger partial charge is 0.481 e. The fraction of sp³-hybridized carbons (Fsp3) is 0.440. The number of aromatic nitrogens is 4. The smallest absolute Gasteiger partial charge is 0.277 e. The molecule has 0 aliphatic carbocycles. The van der Waals surface area contributed by atoms with E-state index in [2.05, 4.69) is 20.2 Å². The van der Waals surface area contributed by atoms with Gasteiger partial charge >= 0.3 is 0 Å². The fourth-order valence-electron chi connectivity index (χ4n) is 4.38. The SMILES string of the molecule is CCO[C@H]1CN(c2ccccn2)CC1Nc1c(CC)nc(-c2ccc(OC)nc2C)n(C)c1=O. The Morgan fingerprint density at radius 3 is 2.62 bits per heavy atom. The van der Waals surface area contributed by atoms with Crippen molar-refractivity contribution in [3.05, 3.63) is 58.3 Å². The third kappa shape index (κ3) is 4.61. The van der Waals surface area contributed by atoms with Crippen molar-refractivity contribution < 1.29 is 9.47 Å². The van der Waals surface area contributed by atoms with E-state index >= 15 is 0 Å². The third-order valence-electron chi connectivity index (χ3n) is 6.16. The minimum absolute atomic E-state index is 0.0722. The van der Waals surface area contributed by atoms with Crippen LogP contribution in [0.1, 0.15) is 25.2 Å². The van der Waals surface area contributed by atoms with Gasteiger partial charge in [0.1, 0.15) is 17.3 Å². The summed E-state index contributed by atoms with van der Waals surface area (Å²) in [4.78, 5) is 29.5. The van der Waals surface area contributed by atoms with Gasteiger partial charge in [-0.3, -0.25) is 9.36 Å². The molecule has 1 N–H and O–H groups in total. The number of nitrogens with zero attached hydrogens (tertiary/aromatic N) is 5. The number of rotatable bonds is 8. The number of pyridine rings is 2. The van der Waals surface area contributed by atoms with Crippen LogP contribution in [0, 0.1) is 6.92 Å². The topological polar surface area (TPSA) is 94.4 Å². The predicted molar refractivity (Wildman–Crippen MR) is 133 cm³/mol. The highest BCUT2D eigenvalue weighted by molar-refractivity contribution is 5.62. The van der Waals surface area contributed by atoms with Crippen LogP contribution in [-0.4, -0.2) is 58.5 Å². The normalized spacial score (nSPS) is 17.7. The fourth-order valence-corrected chi connectivity index (χ4v) is 4.38. The summed E-state index contributed by atoms with van der Waals surface area (Å²) in [6.45, 7) is 7.85. The third-order valence-corrected chi connectivity index (χ3v) is 6.16. The molecular formula is C25H32N6O3. The number of nitrogens with one attached hydrogen (secondary N) is 1. The Bertz CT molecular complexity index is 1200. The lowest BCUT2D eigenvalue weighted by atomic mass is 10.1. The standard InChI is InChI=1S/C25H32N6O3/c1-6-18-23(25(32)30(4)24(29-18)17-11-12-22(33-5)27-16(17)3)28-19-14-31(15-20(19)34-7-2)21-10-8-9-13-26-21/h8-13,19-20,28H,6-7,14-15H2,1-5H3/t19?,20-/m0/s1. The highest BCUT2D eigenvalue weighted by Gasteiger charge is 2.35. The number of ether oxygens (including phenoxy) is 2. The first-order valence-corrected chi connectivity index (χ1v) is 11.6. The summed E-state index contributed by atoms with van der Waals surface area (Å²) in [6.07, 6.45) is 2.33. The van der Waals surface area contributed by atoms with Crippen molar-refractivity contribution in [2.24, 2.45) is 7.05 Å². The van der Waals surface area contributed by atoms with Crippen molar-refractivity contribution in [2.45, 2.75) is 39.3 Å². The van der Waals surface area contributed by atoms with Crippen molar-refractivity contribution in [3.8, 4) is 17.3 Å². The predicted octanol–water partition coefficient (Wildman–Crippen LogP) is 2.82. The van der Waals surface area contributed by atoms with Gasteiger partial charge in [0.2, 0.25) is 5.88 Å². The molecule has 1 unspecified atom stereocenters. The van der Waals surface area contributed by atoms with Crippen molar-refractivity contribution in [1.29, 1.82) is 0 Å². The number of hydrogen-bond donors (Lipinski definition) is 1. The molecule has 0 spiro atoms. The lowest BCUT2D eigenvalue weighted by molar-refractivity contribution is 0.0719. The zero-order valence-corrected chi connectivity index (χ0v) is 20.4.